The van der Waals surface area contributed by atoms with Crippen molar-refractivity contribution >= 4 is 34.3 Å². The summed E-state index contributed by atoms with van der Waals surface area (Å²) >= 11 is 0. The van der Waals surface area contributed by atoms with Crippen LogP contribution in [0.2, 0.25) is 0 Å². The van der Waals surface area contributed by atoms with Crippen LogP contribution < -0.4 is 11.1 Å². The van der Waals surface area contributed by atoms with E-state index in [1.807, 2.05) is 78.3 Å². The molecule has 212 valence electrons. The number of amides is 3. The molecule has 4 aromatic rings. The second kappa shape index (κ2) is 11.9. The molecule has 0 radical (unpaired) electrons. The number of nitrogens with two attached hydrogens (primary N) is 1. The van der Waals surface area contributed by atoms with Crippen LogP contribution in [0, 0.1) is 0 Å². The van der Waals surface area contributed by atoms with E-state index in [1.54, 1.807) is 30.3 Å². The predicted molar refractivity (Wildman–Crippen MR) is 158 cm³/mol. The molecule has 0 spiro atoms. The molecule has 9 nitrogen and oxygen atoms in total. The minimum Gasteiger partial charge on any atom is -0.399 e. The number of likely N-dealkylation sites (tertiary alicyclic amines) is 1. The molecule has 2 heterocycles. The van der Waals surface area contributed by atoms with Gasteiger partial charge in [-0.25, -0.2) is 0 Å². The summed E-state index contributed by atoms with van der Waals surface area (Å²) in [7, 11) is 3.56. The molecule has 4 N–H and O–H groups in total. The van der Waals surface area contributed by atoms with E-state index in [0.717, 1.165) is 22.0 Å². The molecule has 9 heteroatoms. The van der Waals surface area contributed by atoms with Crippen LogP contribution >= 0.6 is 0 Å². The second-order valence-electron chi connectivity index (χ2n) is 10.7. The Labute approximate surface area is 239 Å². The first-order valence-corrected chi connectivity index (χ1v) is 13.7. The first-order chi connectivity index (χ1) is 19.7. The average molecular weight is 554 g/mol. The number of carbonyl (C=O) groups excluding carboxylic acids is 3. The summed E-state index contributed by atoms with van der Waals surface area (Å²) < 4.78 is 1.87. The van der Waals surface area contributed by atoms with Crippen molar-refractivity contribution in [3.8, 4) is 0 Å². The summed E-state index contributed by atoms with van der Waals surface area (Å²) in [6.07, 6.45) is 1.23. The Bertz CT molecular complexity index is 1550. The van der Waals surface area contributed by atoms with Crippen molar-refractivity contribution in [1.29, 1.82) is 0 Å². The van der Waals surface area contributed by atoms with Crippen molar-refractivity contribution < 1.29 is 19.5 Å². The van der Waals surface area contributed by atoms with E-state index >= 15 is 0 Å². The number of hydrogen-bond acceptors (Lipinski definition) is 5. The first-order valence-electron chi connectivity index (χ1n) is 13.7. The zero-order chi connectivity index (χ0) is 29.1. The molecule has 5 rings (SSSR count). The normalized spacial score (nSPS) is 17.4. The predicted octanol–water partition coefficient (Wildman–Crippen LogP) is 2.72. The maximum atomic E-state index is 13.7. The molecule has 3 aromatic carbocycles. The van der Waals surface area contributed by atoms with Gasteiger partial charge >= 0.3 is 0 Å². The molecular formula is C32H35N5O4. The minimum absolute atomic E-state index is 0.0324. The van der Waals surface area contributed by atoms with Crippen molar-refractivity contribution in [2.24, 2.45) is 7.05 Å². The van der Waals surface area contributed by atoms with Crippen LogP contribution in [0.15, 0.2) is 85.1 Å². The average Bonchev–Trinajstić information content (AvgIpc) is 3.53. The lowest BCUT2D eigenvalue weighted by molar-refractivity contribution is -0.136. The van der Waals surface area contributed by atoms with Crippen molar-refractivity contribution in [3.05, 3.63) is 102 Å². The van der Waals surface area contributed by atoms with E-state index in [-0.39, 0.29) is 31.2 Å². The highest BCUT2D eigenvalue weighted by atomic mass is 16.3. The molecule has 1 aliphatic heterocycles. The number of aryl methyl sites for hydroxylation is 1. The van der Waals surface area contributed by atoms with Crippen molar-refractivity contribution in [2.45, 2.75) is 37.6 Å². The third-order valence-electron chi connectivity index (χ3n) is 7.64. The van der Waals surface area contributed by atoms with Gasteiger partial charge in [-0.05, 0) is 29.3 Å². The Hall–Kier alpha value is -4.63. The number of fused-ring (bicyclic) bond motifs is 1. The summed E-state index contributed by atoms with van der Waals surface area (Å²) in [4.78, 5) is 44.1. The number of rotatable bonds is 8. The molecule has 1 aliphatic rings. The monoisotopic (exact) mass is 553 g/mol. The summed E-state index contributed by atoms with van der Waals surface area (Å²) in [6, 6.07) is 22.5. The number of aliphatic hydroxyl groups is 1. The van der Waals surface area contributed by atoms with E-state index in [0.29, 0.717) is 17.8 Å². The molecule has 0 saturated carbocycles. The number of β-amino-alcohol motifs (C(OH)–C–C–N with tert-alkyl or cyclic N) is 1. The van der Waals surface area contributed by atoms with Gasteiger partial charge in [0.15, 0.2) is 0 Å². The molecule has 0 bridgehead atoms. The van der Waals surface area contributed by atoms with Crippen LogP contribution in [0.4, 0.5) is 5.69 Å². The first kappa shape index (κ1) is 27.9. The Balaban J connectivity index is 1.38. The van der Waals surface area contributed by atoms with Gasteiger partial charge in [0, 0.05) is 62.8 Å². The van der Waals surface area contributed by atoms with Crippen molar-refractivity contribution in [1.82, 2.24) is 19.7 Å². The number of likely N-dealkylation sites (N-methyl/N-ethyl adjacent to an activating group) is 1. The number of aromatic nitrogens is 1. The number of hydrogen-bond donors (Lipinski definition) is 3. The Kier molecular flexibility index (Phi) is 8.07. The number of nitrogens with one attached hydrogen (secondary N) is 1. The van der Waals surface area contributed by atoms with Gasteiger partial charge in [-0.15, -0.1) is 0 Å². The third kappa shape index (κ3) is 6.10. The molecule has 3 atom stereocenters. The van der Waals surface area contributed by atoms with Crippen LogP contribution in [-0.2, 0) is 29.6 Å². The number of para-hydroxylation sites is 1. The van der Waals surface area contributed by atoms with Gasteiger partial charge in [0.05, 0.1) is 11.7 Å². The molecule has 3 unspecified atom stereocenters. The highest BCUT2D eigenvalue weighted by Gasteiger charge is 2.41. The topological polar surface area (TPSA) is 121 Å². The Morgan fingerprint density at radius 2 is 1.68 bits per heavy atom. The SMILES string of the molecule is CN(Cc1ccccc1)C(=O)C(Cc1ccc(N)cc1)NC(=O)C1CC(O)CN1C(=O)c1cn(C)c2ccccc12. The van der Waals surface area contributed by atoms with E-state index in [9.17, 15) is 19.5 Å². The zero-order valence-electron chi connectivity index (χ0n) is 23.2. The van der Waals surface area contributed by atoms with Gasteiger partial charge in [-0.2, -0.15) is 0 Å². The van der Waals surface area contributed by atoms with Gasteiger partial charge < -0.3 is 30.5 Å². The number of nitrogen functional groups attached to an aromatic ring is 1. The van der Waals surface area contributed by atoms with Crippen LogP contribution in [0.3, 0.4) is 0 Å². The van der Waals surface area contributed by atoms with Gasteiger partial charge in [0.2, 0.25) is 11.8 Å². The summed E-state index contributed by atoms with van der Waals surface area (Å²) in [5.74, 6) is -1.07. The smallest absolute Gasteiger partial charge is 0.256 e. The van der Waals surface area contributed by atoms with Gasteiger partial charge in [0.1, 0.15) is 12.1 Å². The molecule has 3 amide bonds. The number of nitrogens with zero attached hydrogens (tertiary/aromatic N) is 3. The molecule has 1 saturated heterocycles. The van der Waals surface area contributed by atoms with Crippen LogP contribution in [0.5, 0.6) is 0 Å². The largest absolute Gasteiger partial charge is 0.399 e. The van der Waals surface area contributed by atoms with Gasteiger partial charge in [-0.3, -0.25) is 14.4 Å². The minimum atomic E-state index is -0.919. The lowest BCUT2D eigenvalue weighted by Gasteiger charge is -2.28. The van der Waals surface area contributed by atoms with E-state index in [1.165, 1.54) is 4.90 Å². The van der Waals surface area contributed by atoms with Crippen molar-refractivity contribution in [3.63, 3.8) is 0 Å². The van der Waals surface area contributed by atoms with E-state index < -0.39 is 24.1 Å². The number of benzene rings is 3. The third-order valence-corrected chi connectivity index (χ3v) is 7.64. The van der Waals surface area contributed by atoms with Gasteiger partial charge in [0.25, 0.3) is 5.91 Å². The Morgan fingerprint density at radius 3 is 2.41 bits per heavy atom. The summed E-state index contributed by atoms with van der Waals surface area (Å²) in [5.41, 5.74) is 9.61. The maximum Gasteiger partial charge on any atom is 0.256 e. The lowest BCUT2D eigenvalue weighted by Crippen LogP contribution is -2.54. The maximum absolute atomic E-state index is 13.7. The molecule has 1 aromatic heterocycles. The molecule has 0 aliphatic carbocycles. The number of carbonyl (C=O) groups is 3. The Morgan fingerprint density at radius 1 is 1.00 bits per heavy atom. The zero-order valence-corrected chi connectivity index (χ0v) is 23.2. The summed E-state index contributed by atoms with van der Waals surface area (Å²) in [5, 5.41) is 14.2. The summed E-state index contributed by atoms with van der Waals surface area (Å²) in [6.45, 7) is 0.409. The standard InChI is InChI=1S/C32H35N5O4/c1-35-20-26(25-10-6-7-11-28(25)35)31(40)37-19-24(38)17-29(37)30(39)34-27(16-21-12-14-23(33)15-13-21)32(41)36(2)18-22-8-4-3-5-9-22/h3-15,20,24,27,29,38H,16-19,33H2,1-2H3,(H,34,39). The second-order valence-corrected chi connectivity index (χ2v) is 10.7. The quantitative estimate of drug-likeness (QED) is 0.290. The number of anilines is 1. The molecule has 1 fully saturated rings. The van der Waals surface area contributed by atoms with Crippen LogP contribution in [0.1, 0.15) is 27.9 Å². The van der Waals surface area contributed by atoms with Crippen LogP contribution in [0.25, 0.3) is 10.9 Å². The molecule has 41 heavy (non-hydrogen) atoms. The fourth-order valence-electron chi connectivity index (χ4n) is 5.51. The van der Waals surface area contributed by atoms with Crippen molar-refractivity contribution in [2.75, 3.05) is 19.3 Å². The highest BCUT2D eigenvalue weighted by Crippen LogP contribution is 2.26. The van der Waals surface area contributed by atoms with Gasteiger partial charge in [-0.1, -0.05) is 60.7 Å². The van der Waals surface area contributed by atoms with E-state index in [4.69, 9.17) is 5.73 Å². The lowest BCUT2D eigenvalue weighted by atomic mass is 10.0. The van der Waals surface area contributed by atoms with Crippen LogP contribution in [-0.4, -0.2) is 69.0 Å². The fraction of sp³-hybridized carbons (Fsp3) is 0.281. The fourth-order valence-corrected chi connectivity index (χ4v) is 5.51. The highest BCUT2D eigenvalue weighted by molar-refractivity contribution is 6.08. The number of aliphatic hydroxyl groups excluding tert-OH is 1. The molecular weight excluding hydrogens is 518 g/mol. The van der Waals surface area contributed by atoms with E-state index in [2.05, 4.69) is 5.32 Å².